The summed E-state index contributed by atoms with van der Waals surface area (Å²) in [4.78, 5) is 0. The lowest BCUT2D eigenvalue weighted by Crippen LogP contribution is -2.13. The number of halogens is 1. The monoisotopic (exact) mass is 308 g/mol. The minimum atomic E-state index is -1.45. The molecule has 0 fully saturated rings. The van der Waals surface area contributed by atoms with Gasteiger partial charge in [-0.15, -0.1) is 0 Å². The maximum atomic E-state index is 6.36. The first-order chi connectivity index (χ1) is 9.53. The number of rotatable bonds is 9. The summed E-state index contributed by atoms with van der Waals surface area (Å²) in [7, 11) is -1.45. The molecular weight excluding hydrogens is 280 g/mol. The predicted octanol–water partition coefficient (Wildman–Crippen LogP) is 6.74. The molecule has 0 amide bonds. The molecule has 0 aromatic heterocycles. The zero-order valence-electron chi connectivity index (χ0n) is 13.2. The maximum Gasteiger partial charge on any atom is 0.154 e. The van der Waals surface area contributed by atoms with Crippen LogP contribution in [0.2, 0.25) is 19.1 Å². The lowest BCUT2D eigenvalue weighted by atomic mass is 9.90. The number of unbranched alkanes of at least 4 members (excludes halogenated alkanes) is 2. The highest BCUT2D eigenvalue weighted by atomic mass is 35.6. The normalized spacial score (nSPS) is 13.8. The largest absolute Gasteiger partial charge is 0.167 e. The number of hydrogen-bond donors (Lipinski definition) is 0. The summed E-state index contributed by atoms with van der Waals surface area (Å²) in [6.07, 6.45) is 11.1. The highest BCUT2D eigenvalue weighted by Crippen LogP contribution is 2.26. The summed E-state index contributed by atoms with van der Waals surface area (Å²) in [5, 5.41) is 0. The molecule has 20 heavy (non-hydrogen) atoms. The molecule has 0 aliphatic carbocycles. The maximum absolute atomic E-state index is 6.36. The van der Waals surface area contributed by atoms with E-state index in [0.29, 0.717) is 5.92 Å². The Balaban J connectivity index is 2.55. The number of allylic oxidation sites excluding steroid dienone is 2. The van der Waals surface area contributed by atoms with Crippen LogP contribution in [0.15, 0.2) is 42.5 Å². The van der Waals surface area contributed by atoms with Gasteiger partial charge in [0.05, 0.1) is 0 Å². The van der Waals surface area contributed by atoms with Crippen molar-refractivity contribution in [2.75, 3.05) is 0 Å². The van der Waals surface area contributed by atoms with E-state index in [9.17, 15) is 0 Å². The van der Waals surface area contributed by atoms with Crippen LogP contribution < -0.4 is 0 Å². The van der Waals surface area contributed by atoms with E-state index >= 15 is 0 Å². The van der Waals surface area contributed by atoms with E-state index < -0.39 is 7.38 Å². The SMILES string of the molecule is CCCCCC(CC=CC[Si](C)(C)Cl)c1ccccc1. The van der Waals surface area contributed by atoms with Crippen LogP contribution in [0.3, 0.4) is 0 Å². The van der Waals surface area contributed by atoms with Crippen LogP contribution in [0.1, 0.15) is 50.5 Å². The molecule has 0 heterocycles. The van der Waals surface area contributed by atoms with Crippen LogP contribution in [-0.4, -0.2) is 7.38 Å². The minimum absolute atomic E-state index is 0.666. The van der Waals surface area contributed by atoms with E-state index in [1.165, 1.54) is 31.2 Å². The highest BCUT2D eigenvalue weighted by molar-refractivity contribution is 7.19. The number of benzene rings is 1. The van der Waals surface area contributed by atoms with Gasteiger partial charge in [0.15, 0.2) is 7.38 Å². The van der Waals surface area contributed by atoms with Gasteiger partial charge in [-0.05, 0) is 30.4 Å². The van der Waals surface area contributed by atoms with Gasteiger partial charge in [0.1, 0.15) is 0 Å². The summed E-state index contributed by atoms with van der Waals surface area (Å²) in [6.45, 7) is 6.67. The van der Waals surface area contributed by atoms with Crippen LogP contribution in [0.4, 0.5) is 0 Å². The molecule has 0 aliphatic heterocycles. The molecule has 1 aromatic rings. The van der Waals surface area contributed by atoms with Crippen molar-refractivity contribution in [1.29, 1.82) is 0 Å². The van der Waals surface area contributed by atoms with Crippen LogP contribution in [-0.2, 0) is 0 Å². The Morgan fingerprint density at radius 1 is 1.10 bits per heavy atom. The minimum Gasteiger partial charge on any atom is -0.167 e. The zero-order valence-corrected chi connectivity index (χ0v) is 15.0. The standard InChI is InChI=1S/C18H29ClSi/c1-4-5-7-12-17(18-13-8-6-9-14-18)15-10-11-16-20(2,3)19/h6,8-11,13-14,17H,4-5,7,12,15-16H2,1-3H3. The Kier molecular flexibility index (Phi) is 8.24. The van der Waals surface area contributed by atoms with Gasteiger partial charge >= 0.3 is 0 Å². The third kappa shape index (κ3) is 7.91. The molecule has 0 spiro atoms. The number of hydrogen-bond acceptors (Lipinski definition) is 0. The van der Waals surface area contributed by atoms with E-state index in [-0.39, 0.29) is 0 Å². The summed E-state index contributed by atoms with van der Waals surface area (Å²) >= 11 is 6.36. The van der Waals surface area contributed by atoms with E-state index in [1.807, 2.05) is 0 Å². The van der Waals surface area contributed by atoms with Crippen molar-refractivity contribution < 1.29 is 0 Å². The van der Waals surface area contributed by atoms with Gasteiger partial charge in [0.2, 0.25) is 0 Å². The lowest BCUT2D eigenvalue weighted by molar-refractivity contribution is 0.570. The molecule has 1 atom stereocenters. The molecule has 0 bridgehead atoms. The van der Waals surface area contributed by atoms with E-state index in [1.54, 1.807) is 0 Å². The predicted molar refractivity (Wildman–Crippen MR) is 95.2 cm³/mol. The summed E-state index contributed by atoms with van der Waals surface area (Å²) < 4.78 is 0. The Morgan fingerprint density at radius 2 is 1.80 bits per heavy atom. The highest BCUT2D eigenvalue weighted by Gasteiger charge is 2.14. The van der Waals surface area contributed by atoms with Crippen molar-refractivity contribution in [2.45, 2.75) is 64.1 Å². The van der Waals surface area contributed by atoms with E-state index in [2.05, 4.69) is 62.5 Å². The lowest BCUT2D eigenvalue weighted by Gasteiger charge is -2.16. The second-order valence-electron chi connectivity index (χ2n) is 6.23. The second kappa shape index (κ2) is 9.41. The van der Waals surface area contributed by atoms with Crippen molar-refractivity contribution in [3.63, 3.8) is 0 Å². The van der Waals surface area contributed by atoms with Gasteiger partial charge in [-0.1, -0.05) is 81.8 Å². The Hall–Kier alpha value is -0.533. The molecule has 2 heteroatoms. The summed E-state index contributed by atoms with van der Waals surface area (Å²) in [6, 6.07) is 12.0. The second-order valence-corrected chi connectivity index (χ2v) is 13.1. The average molecular weight is 309 g/mol. The van der Waals surface area contributed by atoms with Gasteiger partial charge in [0.25, 0.3) is 0 Å². The van der Waals surface area contributed by atoms with Gasteiger partial charge in [-0.3, -0.25) is 0 Å². The molecular formula is C18H29ClSi. The molecule has 0 N–H and O–H groups in total. The molecule has 1 rings (SSSR count). The molecule has 112 valence electrons. The summed E-state index contributed by atoms with van der Waals surface area (Å²) in [5.41, 5.74) is 1.48. The van der Waals surface area contributed by atoms with Crippen molar-refractivity contribution in [2.24, 2.45) is 0 Å². The fourth-order valence-electron chi connectivity index (χ4n) is 2.41. The van der Waals surface area contributed by atoms with Crippen LogP contribution >= 0.6 is 11.1 Å². The smallest absolute Gasteiger partial charge is 0.154 e. The molecule has 0 saturated heterocycles. The van der Waals surface area contributed by atoms with Crippen molar-refractivity contribution in [1.82, 2.24) is 0 Å². The molecule has 1 aromatic carbocycles. The third-order valence-corrected chi connectivity index (χ3v) is 5.29. The van der Waals surface area contributed by atoms with Crippen molar-refractivity contribution in [3.8, 4) is 0 Å². The first-order valence-corrected chi connectivity index (χ1v) is 12.1. The Labute approximate surface area is 131 Å². The fraction of sp³-hybridized carbons (Fsp3) is 0.556. The average Bonchev–Trinajstić information content (AvgIpc) is 2.41. The van der Waals surface area contributed by atoms with Gasteiger partial charge in [0, 0.05) is 0 Å². The Bertz CT molecular complexity index is 378. The summed E-state index contributed by atoms with van der Waals surface area (Å²) in [5.74, 6) is 0.666. The van der Waals surface area contributed by atoms with Gasteiger partial charge in [-0.25, -0.2) is 0 Å². The third-order valence-electron chi connectivity index (χ3n) is 3.62. The van der Waals surface area contributed by atoms with Crippen molar-refractivity contribution >= 4 is 18.5 Å². The van der Waals surface area contributed by atoms with Gasteiger partial charge in [-0.2, -0.15) is 11.1 Å². The molecule has 0 nitrogen and oxygen atoms in total. The quantitative estimate of drug-likeness (QED) is 0.205. The first-order valence-electron chi connectivity index (χ1n) is 7.92. The fourth-order valence-corrected chi connectivity index (χ4v) is 3.41. The molecule has 0 saturated carbocycles. The van der Waals surface area contributed by atoms with E-state index in [0.717, 1.165) is 12.5 Å². The van der Waals surface area contributed by atoms with Crippen LogP contribution in [0, 0.1) is 0 Å². The van der Waals surface area contributed by atoms with Gasteiger partial charge < -0.3 is 0 Å². The zero-order chi connectivity index (χ0) is 14.8. The van der Waals surface area contributed by atoms with Crippen LogP contribution in [0.5, 0.6) is 0 Å². The molecule has 0 radical (unpaired) electrons. The topological polar surface area (TPSA) is 0 Å². The molecule has 1 unspecified atom stereocenters. The van der Waals surface area contributed by atoms with Crippen molar-refractivity contribution in [3.05, 3.63) is 48.0 Å². The Morgan fingerprint density at radius 3 is 2.40 bits per heavy atom. The first kappa shape index (κ1) is 17.5. The van der Waals surface area contributed by atoms with Crippen LogP contribution in [0.25, 0.3) is 0 Å². The van der Waals surface area contributed by atoms with E-state index in [4.69, 9.17) is 11.1 Å². The molecule has 0 aliphatic rings.